The summed E-state index contributed by atoms with van der Waals surface area (Å²) in [4.78, 5) is 17.4. The summed E-state index contributed by atoms with van der Waals surface area (Å²) in [5, 5.41) is 0. The first-order valence-electron chi connectivity index (χ1n) is 6.08. The largest absolute Gasteiger partial charge is 0.338 e. The molecule has 1 atom stereocenters. The van der Waals surface area contributed by atoms with Crippen LogP contribution in [0.4, 0.5) is 4.39 Å². The molecule has 1 aromatic rings. The Hall–Kier alpha value is -1.45. The molecule has 0 aliphatic carbocycles. The Balaban J connectivity index is 2.12. The van der Waals surface area contributed by atoms with Crippen LogP contribution in [0.5, 0.6) is 0 Å². The molecular weight excluding hydrogens is 219 g/mol. The van der Waals surface area contributed by atoms with E-state index in [1.807, 2.05) is 0 Å². The van der Waals surface area contributed by atoms with Crippen LogP contribution in [-0.4, -0.2) is 28.9 Å². The Morgan fingerprint density at radius 3 is 3.06 bits per heavy atom. The summed E-state index contributed by atoms with van der Waals surface area (Å²) in [5.41, 5.74) is 0.0852. The van der Waals surface area contributed by atoms with Crippen molar-refractivity contribution in [2.45, 2.75) is 26.2 Å². The van der Waals surface area contributed by atoms with E-state index in [1.165, 1.54) is 12.3 Å². The number of hydrogen-bond acceptors (Lipinski definition) is 2. The molecule has 0 spiro atoms. The fourth-order valence-electron chi connectivity index (χ4n) is 2.18. The second-order valence-corrected chi connectivity index (χ2v) is 4.67. The lowest BCUT2D eigenvalue weighted by Crippen LogP contribution is -2.32. The van der Waals surface area contributed by atoms with E-state index in [2.05, 4.69) is 11.9 Å². The van der Waals surface area contributed by atoms with Crippen molar-refractivity contribution in [3.63, 3.8) is 0 Å². The SMILES string of the molecule is CC1CCCN(C(=O)c2cccnc2F)CC1. The van der Waals surface area contributed by atoms with Gasteiger partial charge in [0.05, 0.1) is 5.56 Å². The predicted molar refractivity (Wildman–Crippen MR) is 63.1 cm³/mol. The monoisotopic (exact) mass is 236 g/mol. The molecule has 1 amide bonds. The minimum absolute atomic E-state index is 0.0852. The normalized spacial score (nSPS) is 21.1. The van der Waals surface area contributed by atoms with E-state index >= 15 is 0 Å². The van der Waals surface area contributed by atoms with Crippen LogP contribution in [0, 0.1) is 11.9 Å². The maximum Gasteiger partial charge on any atom is 0.258 e. The highest BCUT2D eigenvalue weighted by atomic mass is 19.1. The smallest absolute Gasteiger partial charge is 0.258 e. The zero-order valence-electron chi connectivity index (χ0n) is 10.0. The third-order valence-electron chi connectivity index (χ3n) is 3.29. The van der Waals surface area contributed by atoms with Crippen molar-refractivity contribution in [2.24, 2.45) is 5.92 Å². The number of aromatic nitrogens is 1. The lowest BCUT2D eigenvalue weighted by atomic mass is 10.0. The highest BCUT2D eigenvalue weighted by molar-refractivity contribution is 5.94. The van der Waals surface area contributed by atoms with Crippen molar-refractivity contribution >= 4 is 5.91 Å². The molecule has 4 heteroatoms. The summed E-state index contributed by atoms with van der Waals surface area (Å²) in [6.07, 6.45) is 4.48. The summed E-state index contributed by atoms with van der Waals surface area (Å²) in [7, 11) is 0. The fourth-order valence-corrected chi connectivity index (χ4v) is 2.18. The topological polar surface area (TPSA) is 33.2 Å². The maximum absolute atomic E-state index is 13.4. The van der Waals surface area contributed by atoms with Gasteiger partial charge in [-0.25, -0.2) is 4.98 Å². The first kappa shape index (κ1) is 12.0. The van der Waals surface area contributed by atoms with Crippen LogP contribution in [0.3, 0.4) is 0 Å². The van der Waals surface area contributed by atoms with E-state index in [0.717, 1.165) is 25.8 Å². The molecule has 92 valence electrons. The van der Waals surface area contributed by atoms with Crippen molar-refractivity contribution in [2.75, 3.05) is 13.1 Å². The Labute approximate surface area is 101 Å². The lowest BCUT2D eigenvalue weighted by Gasteiger charge is -2.20. The summed E-state index contributed by atoms with van der Waals surface area (Å²) < 4.78 is 13.4. The van der Waals surface area contributed by atoms with Crippen molar-refractivity contribution in [1.29, 1.82) is 0 Å². The van der Waals surface area contributed by atoms with E-state index in [4.69, 9.17) is 0 Å². The van der Waals surface area contributed by atoms with E-state index < -0.39 is 5.95 Å². The summed E-state index contributed by atoms with van der Waals surface area (Å²) in [6.45, 7) is 3.63. The van der Waals surface area contributed by atoms with Gasteiger partial charge in [-0.2, -0.15) is 4.39 Å². The third-order valence-corrected chi connectivity index (χ3v) is 3.29. The number of amides is 1. The van der Waals surface area contributed by atoms with Crippen LogP contribution in [0.1, 0.15) is 36.5 Å². The number of carbonyl (C=O) groups is 1. The van der Waals surface area contributed by atoms with Gasteiger partial charge in [0, 0.05) is 19.3 Å². The number of pyridine rings is 1. The minimum Gasteiger partial charge on any atom is -0.338 e. The average molecular weight is 236 g/mol. The van der Waals surface area contributed by atoms with Gasteiger partial charge < -0.3 is 4.90 Å². The first-order chi connectivity index (χ1) is 8.18. The maximum atomic E-state index is 13.4. The Kier molecular flexibility index (Phi) is 3.71. The van der Waals surface area contributed by atoms with Gasteiger partial charge in [-0.05, 0) is 37.3 Å². The second-order valence-electron chi connectivity index (χ2n) is 4.67. The lowest BCUT2D eigenvalue weighted by molar-refractivity contribution is 0.0754. The molecule has 2 heterocycles. The van der Waals surface area contributed by atoms with Crippen LogP contribution in [-0.2, 0) is 0 Å². The molecule has 1 fully saturated rings. The number of hydrogen-bond donors (Lipinski definition) is 0. The Morgan fingerprint density at radius 2 is 2.29 bits per heavy atom. The van der Waals surface area contributed by atoms with E-state index in [1.54, 1.807) is 11.0 Å². The average Bonchev–Trinajstić information content (AvgIpc) is 2.54. The van der Waals surface area contributed by atoms with E-state index in [-0.39, 0.29) is 11.5 Å². The number of carbonyl (C=O) groups excluding carboxylic acids is 1. The molecule has 17 heavy (non-hydrogen) atoms. The standard InChI is InChI=1S/C13H17FN2O/c1-10-4-3-8-16(9-6-10)13(17)11-5-2-7-15-12(11)14/h2,5,7,10H,3-4,6,8-9H2,1H3. The second kappa shape index (κ2) is 5.25. The van der Waals surface area contributed by atoms with Crippen LogP contribution in [0.2, 0.25) is 0 Å². The van der Waals surface area contributed by atoms with Crippen molar-refractivity contribution in [1.82, 2.24) is 9.88 Å². The summed E-state index contributed by atoms with van der Waals surface area (Å²) in [6, 6.07) is 3.09. The molecule has 0 aromatic carbocycles. The Bertz CT molecular complexity index is 408. The molecule has 1 aromatic heterocycles. The zero-order chi connectivity index (χ0) is 12.3. The quantitative estimate of drug-likeness (QED) is 0.702. The van der Waals surface area contributed by atoms with Crippen molar-refractivity contribution < 1.29 is 9.18 Å². The fraction of sp³-hybridized carbons (Fsp3) is 0.538. The number of halogens is 1. The highest BCUT2D eigenvalue weighted by Gasteiger charge is 2.22. The number of rotatable bonds is 1. The molecule has 0 N–H and O–H groups in total. The molecule has 2 rings (SSSR count). The molecule has 3 nitrogen and oxygen atoms in total. The predicted octanol–water partition coefficient (Wildman–Crippen LogP) is 2.48. The van der Waals surface area contributed by atoms with Gasteiger partial charge in [-0.3, -0.25) is 4.79 Å². The highest BCUT2D eigenvalue weighted by Crippen LogP contribution is 2.18. The number of nitrogens with zero attached hydrogens (tertiary/aromatic N) is 2. The van der Waals surface area contributed by atoms with E-state index in [9.17, 15) is 9.18 Å². The van der Waals surface area contributed by atoms with Gasteiger partial charge in [0.25, 0.3) is 5.91 Å². The van der Waals surface area contributed by atoms with Gasteiger partial charge in [-0.1, -0.05) is 6.92 Å². The molecule has 0 bridgehead atoms. The molecule has 1 unspecified atom stereocenters. The van der Waals surface area contributed by atoms with Gasteiger partial charge in [0.1, 0.15) is 0 Å². The summed E-state index contributed by atoms with van der Waals surface area (Å²) >= 11 is 0. The van der Waals surface area contributed by atoms with Crippen molar-refractivity contribution in [3.05, 3.63) is 29.8 Å². The van der Waals surface area contributed by atoms with Crippen LogP contribution >= 0.6 is 0 Å². The Morgan fingerprint density at radius 1 is 1.47 bits per heavy atom. The van der Waals surface area contributed by atoms with E-state index in [0.29, 0.717) is 12.5 Å². The first-order valence-corrected chi connectivity index (χ1v) is 6.08. The minimum atomic E-state index is -0.671. The molecule has 1 aliphatic heterocycles. The van der Waals surface area contributed by atoms with Gasteiger partial charge in [0.2, 0.25) is 5.95 Å². The van der Waals surface area contributed by atoms with Crippen LogP contribution in [0.25, 0.3) is 0 Å². The van der Waals surface area contributed by atoms with Crippen LogP contribution in [0.15, 0.2) is 18.3 Å². The van der Waals surface area contributed by atoms with Crippen molar-refractivity contribution in [3.8, 4) is 0 Å². The molecule has 1 aliphatic rings. The van der Waals surface area contributed by atoms with Gasteiger partial charge >= 0.3 is 0 Å². The summed E-state index contributed by atoms with van der Waals surface area (Å²) in [5.74, 6) is -0.258. The molecule has 1 saturated heterocycles. The van der Waals surface area contributed by atoms with Gasteiger partial charge in [0.15, 0.2) is 0 Å². The van der Waals surface area contributed by atoms with Crippen LogP contribution < -0.4 is 0 Å². The molecule has 0 saturated carbocycles. The molecular formula is C13H17FN2O. The molecule has 0 radical (unpaired) electrons. The zero-order valence-corrected chi connectivity index (χ0v) is 10.0. The third kappa shape index (κ3) is 2.81. The van der Waals surface area contributed by atoms with Gasteiger partial charge in [-0.15, -0.1) is 0 Å². The number of likely N-dealkylation sites (tertiary alicyclic amines) is 1.